The largest absolute Gasteiger partial charge is 0.372 e. The molecule has 2 N–H and O–H groups in total. The lowest BCUT2D eigenvalue weighted by Crippen LogP contribution is -2.54. The summed E-state index contributed by atoms with van der Waals surface area (Å²) in [6, 6.07) is 8.19. The Morgan fingerprint density at radius 1 is 1.00 bits per heavy atom. The maximum Gasteiger partial charge on any atom is 0.312 e. The lowest BCUT2D eigenvalue weighted by molar-refractivity contribution is -0.156. The molecule has 1 aliphatic heterocycles. The van der Waals surface area contributed by atoms with E-state index in [2.05, 4.69) is 30.9 Å². The zero-order valence-electron chi connectivity index (χ0n) is 14.0. The molecule has 1 aromatic carbocycles. The first kappa shape index (κ1) is 17.3. The number of carbonyl (C=O) groups is 2. The molecule has 0 bridgehead atoms. The number of nitrogens with two attached hydrogens (primary N) is 1. The molecule has 1 heterocycles. The predicted molar refractivity (Wildman–Crippen MR) is 91.1 cm³/mol. The molecule has 0 saturated carbocycles. The molecule has 1 saturated heterocycles. The molecule has 0 aliphatic carbocycles. The third-order valence-corrected chi connectivity index (χ3v) is 4.23. The zero-order valence-corrected chi connectivity index (χ0v) is 14.0. The fourth-order valence-electron chi connectivity index (χ4n) is 2.86. The van der Waals surface area contributed by atoms with Gasteiger partial charge in [0, 0.05) is 51.5 Å². The van der Waals surface area contributed by atoms with Crippen molar-refractivity contribution in [1.82, 2.24) is 9.80 Å². The first-order valence-electron chi connectivity index (χ1n) is 8.22. The van der Waals surface area contributed by atoms with E-state index >= 15 is 0 Å². The van der Waals surface area contributed by atoms with E-state index < -0.39 is 11.8 Å². The van der Waals surface area contributed by atoms with Gasteiger partial charge in [-0.1, -0.05) is 12.1 Å². The van der Waals surface area contributed by atoms with E-state index in [9.17, 15) is 9.59 Å². The van der Waals surface area contributed by atoms with Gasteiger partial charge in [0.1, 0.15) is 0 Å². The Morgan fingerprint density at radius 2 is 1.57 bits per heavy atom. The van der Waals surface area contributed by atoms with Crippen LogP contribution >= 0.6 is 0 Å². The predicted octanol–water partition coefficient (Wildman–Crippen LogP) is 0.662. The van der Waals surface area contributed by atoms with E-state index in [1.807, 2.05) is 12.1 Å². The summed E-state index contributed by atoms with van der Waals surface area (Å²) < 4.78 is 0. The van der Waals surface area contributed by atoms with Crippen molar-refractivity contribution in [1.29, 1.82) is 0 Å². The van der Waals surface area contributed by atoms with Crippen LogP contribution in [0.25, 0.3) is 0 Å². The number of hydrogen-bond acceptors (Lipinski definition) is 4. The highest BCUT2D eigenvalue weighted by Crippen LogP contribution is 2.17. The Bertz CT molecular complexity index is 540. The number of amides is 2. The molecule has 0 spiro atoms. The second kappa shape index (κ2) is 7.97. The molecule has 6 nitrogen and oxygen atoms in total. The van der Waals surface area contributed by atoms with Gasteiger partial charge in [0.25, 0.3) is 0 Å². The summed E-state index contributed by atoms with van der Waals surface area (Å²) >= 11 is 0. The van der Waals surface area contributed by atoms with E-state index in [1.165, 1.54) is 10.6 Å². The van der Waals surface area contributed by atoms with Gasteiger partial charge in [-0.25, -0.2) is 0 Å². The van der Waals surface area contributed by atoms with Gasteiger partial charge in [-0.3, -0.25) is 9.59 Å². The molecule has 0 atom stereocenters. The summed E-state index contributed by atoms with van der Waals surface area (Å²) in [4.78, 5) is 29.6. The molecule has 0 unspecified atom stereocenters. The molecule has 6 heteroatoms. The monoisotopic (exact) mass is 318 g/mol. The van der Waals surface area contributed by atoms with Crippen LogP contribution < -0.4 is 10.6 Å². The number of piperazine rings is 1. The van der Waals surface area contributed by atoms with Gasteiger partial charge in [-0.05, 0) is 31.5 Å². The molecule has 1 aromatic rings. The summed E-state index contributed by atoms with van der Waals surface area (Å²) in [7, 11) is 0. The van der Waals surface area contributed by atoms with Crippen LogP contribution in [0.4, 0.5) is 5.69 Å². The molecule has 2 rings (SSSR count). The van der Waals surface area contributed by atoms with E-state index in [0.29, 0.717) is 32.7 Å². The fourth-order valence-corrected chi connectivity index (χ4v) is 2.86. The molecule has 0 radical (unpaired) electrons. The molecular formula is C17H26N4O2. The lowest BCUT2D eigenvalue weighted by Gasteiger charge is -2.33. The minimum absolute atomic E-state index is 0.381. The smallest absolute Gasteiger partial charge is 0.312 e. The van der Waals surface area contributed by atoms with Crippen LogP contribution in [-0.4, -0.2) is 60.9 Å². The molecular weight excluding hydrogens is 292 g/mol. The molecule has 1 fully saturated rings. The van der Waals surface area contributed by atoms with Crippen molar-refractivity contribution in [3.63, 3.8) is 0 Å². The Morgan fingerprint density at radius 3 is 2.13 bits per heavy atom. The van der Waals surface area contributed by atoms with Gasteiger partial charge in [-0.2, -0.15) is 0 Å². The molecule has 126 valence electrons. The third-order valence-electron chi connectivity index (χ3n) is 4.23. The SMILES string of the molecule is CCN(CC)c1ccc(CN2CCN(CCN)C(=O)C2=O)cc1. The summed E-state index contributed by atoms with van der Waals surface area (Å²) in [5, 5.41) is 0. The van der Waals surface area contributed by atoms with Crippen LogP contribution in [0.15, 0.2) is 24.3 Å². The minimum Gasteiger partial charge on any atom is -0.372 e. The van der Waals surface area contributed by atoms with Crippen molar-refractivity contribution in [3.8, 4) is 0 Å². The summed E-state index contributed by atoms with van der Waals surface area (Å²) in [5.74, 6) is -0.876. The maximum atomic E-state index is 12.2. The maximum absolute atomic E-state index is 12.2. The third kappa shape index (κ3) is 4.01. The number of benzene rings is 1. The van der Waals surface area contributed by atoms with Crippen LogP contribution in [-0.2, 0) is 16.1 Å². The van der Waals surface area contributed by atoms with E-state index in [1.54, 1.807) is 4.90 Å². The second-order valence-corrected chi connectivity index (χ2v) is 5.65. The van der Waals surface area contributed by atoms with E-state index in [-0.39, 0.29) is 0 Å². The Hall–Kier alpha value is -2.08. The standard InChI is InChI=1S/C17H26N4O2/c1-3-19(4-2)15-7-5-14(6-8-15)13-21-12-11-20(10-9-18)16(22)17(21)23/h5-8H,3-4,9-13,18H2,1-2H3. The first-order chi connectivity index (χ1) is 11.1. The highest BCUT2D eigenvalue weighted by atomic mass is 16.2. The molecule has 2 amide bonds. The van der Waals surface area contributed by atoms with E-state index in [0.717, 1.165) is 18.7 Å². The zero-order chi connectivity index (χ0) is 16.8. The van der Waals surface area contributed by atoms with Crippen molar-refractivity contribution in [2.75, 3.05) is 44.2 Å². The second-order valence-electron chi connectivity index (χ2n) is 5.65. The number of anilines is 1. The van der Waals surface area contributed by atoms with Crippen LogP contribution in [0, 0.1) is 0 Å². The van der Waals surface area contributed by atoms with Gasteiger partial charge < -0.3 is 20.4 Å². The van der Waals surface area contributed by atoms with Gasteiger partial charge in [0.05, 0.1) is 0 Å². The lowest BCUT2D eigenvalue weighted by atomic mass is 10.1. The highest BCUT2D eigenvalue weighted by molar-refractivity contribution is 6.35. The van der Waals surface area contributed by atoms with Gasteiger partial charge in [0.2, 0.25) is 0 Å². The van der Waals surface area contributed by atoms with Crippen molar-refractivity contribution in [2.24, 2.45) is 5.73 Å². The Balaban J connectivity index is 2.00. The number of carbonyl (C=O) groups excluding carboxylic acids is 2. The average molecular weight is 318 g/mol. The Kier molecular flexibility index (Phi) is 5.98. The fraction of sp³-hybridized carbons (Fsp3) is 0.529. The number of hydrogen-bond donors (Lipinski definition) is 1. The quantitative estimate of drug-likeness (QED) is 0.750. The molecule has 0 aromatic heterocycles. The highest BCUT2D eigenvalue weighted by Gasteiger charge is 2.31. The van der Waals surface area contributed by atoms with Crippen LogP contribution in [0.5, 0.6) is 0 Å². The Labute approximate surface area is 137 Å². The van der Waals surface area contributed by atoms with Crippen LogP contribution in [0.2, 0.25) is 0 Å². The van der Waals surface area contributed by atoms with Crippen molar-refractivity contribution in [2.45, 2.75) is 20.4 Å². The van der Waals surface area contributed by atoms with Crippen molar-refractivity contribution >= 4 is 17.5 Å². The molecule has 1 aliphatic rings. The van der Waals surface area contributed by atoms with Crippen LogP contribution in [0.1, 0.15) is 19.4 Å². The minimum atomic E-state index is -0.443. The number of rotatable bonds is 7. The summed E-state index contributed by atoms with van der Waals surface area (Å²) in [5.41, 5.74) is 7.68. The van der Waals surface area contributed by atoms with Crippen molar-refractivity contribution < 1.29 is 9.59 Å². The average Bonchev–Trinajstić information content (AvgIpc) is 2.57. The van der Waals surface area contributed by atoms with Gasteiger partial charge in [0.15, 0.2) is 0 Å². The normalized spacial score (nSPS) is 15.3. The van der Waals surface area contributed by atoms with E-state index in [4.69, 9.17) is 5.73 Å². The summed E-state index contributed by atoms with van der Waals surface area (Å²) in [6.07, 6.45) is 0. The number of nitrogens with zero attached hydrogens (tertiary/aromatic N) is 3. The van der Waals surface area contributed by atoms with Gasteiger partial charge in [-0.15, -0.1) is 0 Å². The molecule has 23 heavy (non-hydrogen) atoms. The first-order valence-corrected chi connectivity index (χ1v) is 8.22. The van der Waals surface area contributed by atoms with Gasteiger partial charge >= 0.3 is 11.8 Å². The van der Waals surface area contributed by atoms with Crippen LogP contribution in [0.3, 0.4) is 0 Å². The topological polar surface area (TPSA) is 69.9 Å². The van der Waals surface area contributed by atoms with Crippen molar-refractivity contribution in [3.05, 3.63) is 29.8 Å². The summed E-state index contributed by atoms with van der Waals surface area (Å²) in [6.45, 7) is 8.59.